The lowest BCUT2D eigenvalue weighted by Crippen LogP contribution is -2.49. The molecule has 1 heterocycles. The van der Waals surface area contributed by atoms with Crippen molar-refractivity contribution in [3.63, 3.8) is 0 Å². The number of amides is 3. The van der Waals surface area contributed by atoms with Gasteiger partial charge in [-0.2, -0.15) is 0 Å². The third-order valence-electron chi connectivity index (χ3n) is 4.95. The number of nitrogens with zero attached hydrogens (tertiary/aromatic N) is 1. The lowest BCUT2D eigenvalue weighted by molar-refractivity contribution is -0.142. The van der Waals surface area contributed by atoms with Crippen LogP contribution in [0.25, 0.3) is 0 Å². The summed E-state index contributed by atoms with van der Waals surface area (Å²) in [5.74, 6) is -3.23. The fourth-order valence-corrected chi connectivity index (χ4v) is 4.14. The molecule has 0 saturated carbocycles. The van der Waals surface area contributed by atoms with Crippen LogP contribution in [0.15, 0.2) is 42.5 Å². The van der Waals surface area contributed by atoms with Gasteiger partial charge >= 0.3 is 5.97 Å². The van der Waals surface area contributed by atoms with Crippen LogP contribution < -0.4 is 16.0 Å². The highest BCUT2D eigenvalue weighted by molar-refractivity contribution is 7.17. The number of ether oxygens (including phenoxy) is 1. The van der Waals surface area contributed by atoms with E-state index in [0.29, 0.717) is 11.3 Å². The minimum Gasteiger partial charge on any atom is -0.508 e. The Labute approximate surface area is 214 Å². The number of benzene rings is 2. The van der Waals surface area contributed by atoms with Crippen LogP contribution >= 0.6 is 11.3 Å². The second kappa shape index (κ2) is 11.9. The third kappa shape index (κ3) is 7.41. The molecule has 3 rings (SSSR count). The van der Waals surface area contributed by atoms with Crippen molar-refractivity contribution >= 4 is 40.2 Å². The van der Waals surface area contributed by atoms with Gasteiger partial charge in [0.05, 0.1) is 19.2 Å². The largest absolute Gasteiger partial charge is 0.508 e. The van der Waals surface area contributed by atoms with Crippen LogP contribution in [0.3, 0.4) is 0 Å². The molecular weight excluding hydrogens is 504 g/mol. The molecule has 0 saturated heterocycles. The number of methoxy groups -OCH3 is 1. The molecule has 6 N–H and O–H groups in total. The summed E-state index contributed by atoms with van der Waals surface area (Å²) in [4.78, 5) is 54.1. The Morgan fingerprint density at radius 3 is 2.35 bits per heavy atom. The first-order valence-electron chi connectivity index (χ1n) is 10.8. The highest BCUT2D eigenvalue weighted by Crippen LogP contribution is 2.23. The molecule has 1 atom stereocenters. The van der Waals surface area contributed by atoms with Gasteiger partial charge in [-0.3, -0.25) is 14.4 Å². The summed E-state index contributed by atoms with van der Waals surface area (Å²) in [6.07, 6.45) is -0.0182. The number of carbonyl (C=O) groups is 4. The van der Waals surface area contributed by atoms with E-state index in [0.717, 1.165) is 36.6 Å². The van der Waals surface area contributed by atoms with Crippen LogP contribution in [0.4, 0.5) is 5.13 Å². The van der Waals surface area contributed by atoms with Gasteiger partial charge in [0.2, 0.25) is 5.91 Å². The Morgan fingerprint density at radius 1 is 1.00 bits per heavy atom. The van der Waals surface area contributed by atoms with E-state index >= 15 is 0 Å². The molecule has 0 aliphatic rings. The molecule has 0 aliphatic carbocycles. The topological polar surface area (TPSA) is 187 Å². The molecule has 1 aromatic heterocycles. The molecule has 3 amide bonds. The van der Waals surface area contributed by atoms with Crippen LogP contribution in [-0.4, -0.2) is 63.7 Å². The molecule has 0 fully saturated rings. The summed E-state index contributed by atoms with van der Waals surface area (Å²) in [6.45, 7) is 1.21. The number of rotatable bonds is 9. The second-order valence-corrected chi connectivity index (χ2v) is 8.82. The van der Waals surface area contributed by atoms with Crippen molar-refractivity contribution in [1.82, 2.24) is 15.6 Å². The maximum atomic E-state index is 12.9. The van der Waals surface area contributed by atoms with Crippen molar-refractivity contribution in [3.8, 4) is 17.2 Å². The van der Waals surface area contributed by atoms with E-state index in [9.17, 15) is 34.5 Å². The van der Waals surface area contributed by atoms with Crippen molar-refractivity contribution in [3.05, 3.63) is 64.2 Å². The lowest BCUT2D eigenvalue weighted by Gasteiger charge is -2.17. The van der Waals surface area contributed by atoms with E-state index in [1.54, 1.807) is 19.1 Å². The molecule has 13 heteroatoms. The van der Waals surface area contributed by atoms with Crippen molar-refractivity contribution in [2.75, 3.05) is 19.0 Å². The van der Waals surface area contributed by atoms with Crippen molar-refractivity contribution in [1.29, 1.82) is 0 Å². The maximum Gasteiger partial charge on any atom is 0.330 e. The zero-order valence-corrected chi connectivity index (χ0v) is 20.6. The first-order valence-corrected chi connectivity index (χ1v) is 11.6. The van der Waals surface area contributed by atoms with E-state index in [-0.39, 0.29) is 45.8 Å². The number of nitrogens with one attached hydrogen (secondary N) is 3. The zero-order valence-electron chi connectivity index (χ0n) is 19.8. The lowest BCUT2D eigenvalue weighted by atomic mass is 10.1. The Kier molecular flexibility index (Phi) is 8.64. The molecular formula is C24H24N4O8S. The number of anilines is 1. The van der Waals surface area contributed by atoms with Gasteiger partial charge in [-0.05, 0) is 36.8 Å². The van der Waals surface area contributed by atoms with E-state index in [1.807, 2.05) is 0 Å². The van der Waals surface area contributed by atoms with Crippen LogP contribution in [-0.2, 0) is 20.7 Å². The van der Waals surface area contributed by atoms with Crippen molar-refractivity contribution in [2.45, 2.75) is 19.4 Å². The molecule has 37 heavy (non-hydrogen) atoms. The Hall–Kier alpha value is -4.65. The van der Waals surface area contributed by atoms with Gasteiger partial charge in [0, 0.05) is 18.2 Å². The second-order valence-electron chi connectivity index (χ2n) is 7.83. The summed E-state index contributed by atoms with van der Waals surface area (Å²) < 4.78 is 4.71. The highest BCUT2D eigenvalue weighted by atomic mass is 32.1. The maximum absolute atomic E-state index is 12.9. The number of hydrogen-bond acceptors (Lipinski definition) is 10. The summed E-state index contributed by atoms with van der Waals surface area (Å²) in [5, 5.41) is 36.3. The van der Waals surface area contributed by atoms with Gasteiger partial charge in [0.1, 0.15) is 28.2 Å². The van der Waals surface area contributed by atoms with E-state index in [1.165, 1.54) is 12.1 Å². The fourth-order valence-electron chi connectivity index (χ4n) is 3.26. The predicted octanol–water partition coefficient (Wildman–Crippen LogP) is 1.45. The fraction of sp³-hybridized carbons (Fsp3) is 0.208. The number of carbonyl (C=O) groups excluding carboxylic acids is 4. The molecule has 0 aliphatic heterocycles. The Morgan fingerprint density at radius 2 is 1.70 bits per heavy atom. The number of thiazole rings is 1. The van der Waals surface area contributed by atoms with E-state index in [4.69, 9.17) is 4.74 Å². The SMILES string of the molecule is COC(=O)[C@H](CNC(=O)c1cc(O)cc(O)c1)NC(=O)c1sc(NC(=O)Cc2cccc(O)c2)nc1C. The molecule has 0 spiro atoms. The third-order valence-corrected chi connectivity index (χ3v) is 6.02. The van der Waals surface area contributed by atoms with Crippen molar-refractivity contribution in [2.24, 2.45) is 0 Å². The molecule has 12 nitrogen and oxygen atoms in total. The van der Waals surface area contributed by atoms with Crippen LogP contribution in [0, 0.1) is 6.92 Å². The summed E-state index contributed by atoms with van der Waals surface area (Å²) >= 11 is 0.896. The first-order chi connectivity index (χ1) is 17.5. The van der Waals surface area contributed by atoms with Crippen LogP contribution in [0.1, 0.15) is 31.3 Å². The quantitative estimate of drug-likeness (QED) is 0.223. The Bertz CT molecular complexity index is 1320. The number of aryl methyl sites for hydroxylation is 1. The number of aromatic hydroxyl groups is 3. The van der Waals surface area contributed by atoms with Gasteiger partial charge in [-0.1, -0.05) is 23.5 Å². The number of hydrogen-bond donors (Lipinski definition) is 6. The molecule has 3 aromatic rings. The van der Waals surface area contributed by atoms with Crippen molar-refractivity contribution < 1.29 is 39.2 Å². The molecule has 0 bridgehead atoms. The highest BCUT2D eigenvalue weighted by Gasteiger charge is 2.26. The summed E-state index contributed by atoms with van der Waals surface area (Å²) in [6, 6.07) is 8.27. The van der Waals surface area contributed by atoms with Gasteiger partial charge in [-0.25, -0.2) is 9.78 Å². The zero-order chi connectivity index (χ0) is 27.1. The minimum absolute atomic E-state index is 0.0182. The standard InChI is InChI=1S/C24H24N4O8S/c1-12-20(37-24(26-12)28-19(32)7-13-4-3-5-15(29)6-13)22(34)27-18(23(35)36-2)11-25-21(33)14-8-16(30)10-17(31)9-14/h3-6,8-10,18,29-31H,7,11H2,1-2H3,(H,25,33)(H,27,34)(H,26,28,32)/t18-/m0/s1. The van der Waals surface area contributed by atoms with Gasteiger partial charge < -0.3 is 36.0 Å². The van der Waals surface area contributed by atoms with Gasteiger partial charge in [0.15, 0.2) is 5.13 Å². The van der Waals surface area contributed by atoms with Gasteiger partial charge in [0.25, 0.3) is 11.8 Å². The number of aromatic nitrogens is 1. The first kappa shape index (κ1) is 26.9. The van der Waals surface area contributed by atoms with Gasteiger partial charge in [-0.15, -0.1) is 0 Å². The monoisotopic (exact) mass is 528 g/mol. The average molecular weight is 529 g/mol. The van der Waals surface area contributed by atoms with E-state index < -0.39 is 29.7 Å². The molecule has 2 aromatic carbocycles. The number of phenols is 3. The minimum atomic E-state index is -1.27. The molecule has 0 unspecified atom stereocenters. The number of phenolic OH excluding ortho intramolecular Hbond substituents is 3. The van der Waals surface area contributed by atoms with E-state index in [2.05, 4.69) is 20.9 Å². The Balaban J connectivity index is 1.64. The van der Waals surface area contributed by atoms with Crippen LogP contribution in [0.2, 0.25) is 0 Å². The predicted molar refractivity (Wildman–Crippen MR) is 133 cm³/mol. The average Bonchev–Trinajstić information content (AvgIpc) is 3.19. The smallest absolute Gasteiger partial charge is 0.330 e. The summed E-state index contributed by atoms with van der Waals surface area (Å²) in [7, 11) is 1.12. The van der Waals surface area contributed by atoms with Crippen LogP contribution in [0.5, 0.6) is 17.2 Å². The molecule has 194 valence electrons. The number of esters is 1. The molecule has 0 radical (unpaired) electrons. The normalized spacial score (nSPS) is 11.3. The summed E-state index contributed by atoms with van der Waals surface area (Å²) in [5.41, 5.74) is 0.836.